The lowest BCUT2D eigenvalue weighted by Crippen LogP contribution is -2.53. The number of rotatable bonds is 8. The molecule has 2 aliphatic carbocycles. The van der Waals surface area contributed by atoms with E-state index in [9.17, 15) is 32.7 Å². The molecule has 326 valence electrons. The van der Waals surface area contributed by atoms with E-state index in [0.717, 1.165) is 10.6 Å². The predicted octanol–water partition coefficient (Wildman–Crippen LogP) is 10.4. The predicted molar refractivity (Wildman–Crippen MR) is 234 cm³/mol. The second-order valence-corrected chi connectivity index (χ2v) is 17.5. The van der Waals surface area contributed by atoms with Crippen LogP contribution in [0.5, 0.6) is 5.75 Å². The fourth-order valence-corrected chi connectivity index (χ4v) is 10.3. The fourth-order valence-electron chi connectivity index (χ4n) is 9.74. The van der Waals surface area contributed by atoms with E-state index in [1.807, 2.05) is 43.3 Å². The number of phenolic OH excluding ortho intramolecular Hbond substituents is 1. The number of hydrazine groups is 1. The number of halogens is 6. The summed E-state index contributed by atoms with van der Waals surface area (Å²) in [5, 5.41) is 20.9. The molecule has 0 unspecified atom stereocenters. The number of imide groups is 2. The average Bonchev–Trinajstić information content (AvgIpc) is 3.65. The number of nitrogens with one attached hydrogen (secondary N) is 1. The number of aromatic nitrogens is 1. The molecular weight excluding hydrogens is 894 g/mol. The number of phenols is 1. The van der Waals surface area contributed by atoms with Crippen molar-refractivity contribution in [2.75, 3.05) is 29.3 Å². The Morgan fingerprint density at radius 1 is 0.812 bits per heavy atom. The van der Waals surface area contributed by atoms with E-state index in [-0.39, 0.29) is 29.2 Å². The third-order valence-corrected chi connectivity index (χ3v) is 13.4. The second kappa shape index (κ2) is 16.1. The normalized spacial score (nSPS) is 24.2. The number of aromatic hydroxyl groups is 1. The van der Waals surface area contributed by atoms with Crippen molar-refractivity contribution in [2.45, 2.75) is 30.4 Å². The molecule has 5 aromatic rings. The van der Waals surface area contributed by atoms with Gasteiger partial charge in [0.05, 0.1) is 50.8 Å². The number of allylic oxidation sites excluding steroid dienone is 2. The van der Waals surface area contributed by atoms with Crippen LogP contribution < -0.4 is 15.2 Å². The van der Waals surface area contributed by atoms with Gasteiger partial charge in [0.15, 0.2) is 5.82 Å². The Balaban J connectivity index is 1.11. The summed E-state index contributed by atoms with van der Waals surface area (Å²) in [6.07, 6.45) is -2.49. The first kappa shape index (κ1) is 43.0. The number of carbonyl (C=O) groups is 4. The summed E-state index contributed by atoms with van der Waals surface area (Å²) in [6.45, 7) is 0. The number of hydrogen-bond acceptors (Lipinski definition) is 10. The SMILES string of the molecule is CN(C)c1ccc(N=Nc2ccc(N3C(=O)[C@H]4[C@H](CC=C5[C@H]4C[C@H]4C(=O)N(Nc6ncc(C(F)(F)F)cc6Cl)C(=O)[C@@]4(c4ccc(Cl)cc4)[C@H]5c4cc(Cl)ccc4O)C3=O)cc2)cc1. The molecule has 18 heteroatoms. The van der Waals surface area contributed by atoms with Crippen molar-refractivity contribution in [3.63, 3.8) is 0 Å². The molecule has 1 aromatic heterocycles. The molecule has 4 aliphatic rings. The van der Waals surface area contributed by atoms with Gasteiger partial charge in [0.2, 0.25) is 11.8 Å². The van der Waals surface area contributed by atoms with E-state index in [1.165, 1.54) is 18.2 Å². The molecule has 3 fully saturated rings. The van der Waals surface area contributed by atoms with Crippen LogP contribution in [0.1, 0.15) is 35.4 Å². The summed E-state index contributed by atoms with van der Waals surface area (Å²) in [5.74, 6) is -8.36. The van der Waals surface area contributed by atoms with Gasteiger partial charge >= 0.3 is 6.18 Å². The number of amides is 4. The number of fused-ring (bicyclic) bond motifs is 4. The Morgan fingerprint density at radius 3 is 2.08 bits per heavy atom. The minimum atomic E-state index is -4.78. The standard InChI is InChI=1S/C46H35Cl3F3N7O5/c1-57(2)29-12-8-27(9-13-29)54-55-28-10-14-30(15-11-28)58-41(61)32-17-16-31-33(38(32)43(58)63)21-35-42(62)59(56-40-36(49)19-24(22-53-40)46(50,51)52)44(64)45(35,23-3-5-25(47)6-4-23)39(31)34-20-26(48)7-18-37(34)60/h3-16,18-20,22,32-33,35,38-39,60H,17,21H2,1-2H3,(H,53,56)/t32-,33+,35-,38-,39+,45+/m0/s1. The lowest BCUT2D eigenvalue weighted by Gasteiger charge is -2.50. The Bertz CT molecular complexity index is 2810. The van der Waals surface area contributed by atoms with Gasteiger partial charge in [-0.25, -0.2) is 4.98 Å². The first-order chi connectivity index (χ1) is 30.5. The molecule has 0 spiro atoms. The van der Waals surface area contributed by atoms with Crippen LogP contribution in [0, 0.1) is 23.7 Å². The lowest BCUT2D eigenvalue weighted by molar-refractivity contribution is -0.139. The van der Waals surface area contributed by atoms with Gasteiger partial charge < -0.3 is 10.0 Å². The smallest absolute Gasteiger partial charge is 0.417 e. The molecule has 9 rings (SSSR count). The molecule has 0 radical (unpaired) electrons. The van der Waals surface area contributed by atoms with Crippen LogP contribution in [0.3, 0.4) is 0 Å². The number of pyridine rings is 1. The van der Waals surface area contributed by atoms with Gasteiger partial charge in [-0.3, -0.25) is 29.5 Å². The molecule has 2 N–H and O–H groups in total. The highest BCUT2D eigenvalue weighted by Gasteiger charge is 2.71. The number of anilines is 3. The van der Waals surface area contributed by atoms with Gasteiger partial charge in [-0.15, -0.1) is 0 Å². The highest BCUT2D eigenvalue weighted by Crippen LogP contribution is 2.65. The van der Waals surface area contributed by atoms with Crippen molar-refractivity contribution < 1.29 is 37.5 Å². The van der Waals surface area contributed by atoms with Gasteiger partial charge in [0.1, 0.15) is 5.75 Å². The van der Waals surface area contributed by atoms with Crippen LogP contribution in [-0.2, 0) is 30.8 Å². The minimum Gasteiger partial charge on any atom is -0.508 e. The van der Waals surface area contributed by atoms with Crippen LogP contribution in [0.4, 0.5) is 41.7 Å². The zero-order valence-corrected chi connectivity index (χ0v) is 36.0. The Labute approximate surface area is 378 Å². The topological polar surface area (TPSA) is 148 Å². The Kier molecular flexibility index (Phi) is 10.8. The van der Waals surface area contributed by atoms with Gasteiger partial charge in [0, 0.05) is 47.5 Å². The molecule has 2 saturated heterocycles. The van der Waals surface area contributed by atoms with Crippen LogP contribution in [0.15, 0.2) is 125 Å². The van der Waals surface area contributed by atoms with Crippen LogP contribution >= 0.6 is 34.8 Å². The maximum absolute atomic E-state index is 15.4. The van der Waals surface area contributed by atoms with Gasteiger partial charge in [-0.1, -0.05) is 58.6 Å². The van der Waals surface area contributed by atoms with E-state index in [1.54, 1.807) is 54.6 Å². The molecule has 3 heterocycles. The van der Waals surface area contributed by atoms with Crippen molar-refractivity contribution in [3.8, 4) is 5.75 Å². The van der Waals surface area contributed by atoms with E-state index in [0.29, 0.717) is 50.5 Å². The van der Waals surface area contributed by atoms with Crippen LogP contribution in [-0.4, -0.2) is 52.8 Å². The molecule has 2 aliphatic heterocycles. The molecule has 4 aromatic carbocycles. The number of hydrogen-bond donors (Lipinski definition) is 2. The summed E-state index contributed by atoms with van der Waals surface area (Å²) < 4.78 is 40.7. The average molecular weight is 929 g/mol. The van der Waals surface area contributed by atoms with Crippen LogP contribution in [0.25, 0.3) is 0 Å². The van der Waals surface area contributed by atoms with E-state index in [4.69, 9.17) is 34.8 Å². The maximum Gasteiger partial charge on any atom is 0.417 e. The molecular formula is C46H35Cl3F3N7O5. The second-order valence-electron chi connectivity index (χ2n) is 16.3. The molecule has 12 nitrogen and oxygen atoms in total. The minimum absolute atomic E-state index is 0.0882. The summed E-state index contributed by atoms with van der Waals surface area (Å²) in [4.78, 5) is 66.4. The van der Waals surface area contributed by atoms with Crippen molar-refractivity contribution in [1.82, 2.24) is 9.99 Å². The zero-order chi connectivity index (χ0) is 45.4. The monoisotopic (exact) mass is 927 g/mol. The van der Waals surface area contributed by atoms with Gasteiger partial charge in [-0.05, 0) is 109 Å². The Morgan fingerprint density at radius 2 is 1.45 bits per heavy atom. The van der Waals surface area contributed by atoms with E-state index in [2.05, 4.69) is 20.6 Å². The summed E-state index contributed by atoms with van der Waals surface area (Å²) in [7, 11) is 3.86. The first-order valence-corrected chi connectivity index (χ1v) is 21.1. The molecule has 64 heavy (non-hydrogen) atoms. The number of nitrogens with zero attached hydrogens (tertiary/aromatic N) is 6. The maximum atomic E-state index is 15.4. The van der Waals surface area contributed by atoms with Gasteiger partial charge in [0.25, 0.3) is 11.8 Å². The Hall–Kier alpha value is -6.29. The number of alkyl halides is 3. The summed E-state index contributed by atoms with van der Waals surface area (Å²) >= 11 is 19.2. The zero-order valence-electron chi connectivity index (χ0n) is 33.7. The summed E-state index contributed by atoms with van der Waals surface area (Å²) in [6, 6.07) is 25.2. The van der Waals surface area contributed by atoms with Crippen LogP contribution in [0.2, 0.25) is 15.1 Å². The third kappa shape index (κ3) is 7.06. The van der Waals surface area contributed by atoms with E-state index >= 15 is 4.79 Å². The summed E-state index contributed by atoms with van der Waals surface area (Å²) in [5.41, 5.74) is 3.00. The first-order valence-electron chi connectivity index (χ1n) is 20.0. The molecule has 0 bridgehead atoms. The quantitative estimate of drug-likeness (QED) is 0.0888. The molecule has 1 saturated carbocycles. The highest BCUT2D eigenvalue weighted by atomic mass is 35.5. The highest BCUT2D eigenvalue weighted by molar-refractivity contribution is 6.33. The van der Waals surface area contributed by atoms with Crippen molar-refractivity contribution in [2.24, 2.45) is 33.9 Å². The molecule has 6 atom stereocenters. The van der Waals surface area contributed by atoms with Crippen molar-refractivity contribution in [1.29, 1.82) is 0 Å². The van der Waals surface area contributed by atoms with Gasteiger partial charge in [-0.2, -0.15) is 28.4 Å². The van der Waals surface area contributed by atoms with E-state index < -0.39 is 81.2 Å². The fraction of sp³-hybridized carbons (Fsp3) is 0.239. The number of benzene rings is 4. The number of azo groups is 1. The molecule has 4 amide bonds. The number of carbonyl (C=O) groups excluding carboxylic acids is 4. The van der Waals surface area contributed by atoms with Crippen molar-refractivity contribution >= 4 is 87.0 Å². The van der Waals surface area contributed by atoms with Crippen molar-refractivity contribution in [3.05, 3.63) is 147 Å². The third-order valence-electron chi connectivity index (χ3n) is 12.6. The largest absolute Gasteiger partial charge is 0.508 e. The lowest BCUT2D eigenvalue weighted by atomic mass is 9.49.